The Morgan fingerprint density at radius 3 is 2.80 bits per heavy atom. The van der Waals surface area contributed by atoms with Crippen LogP contribution in [0.4, 0.5) is 11.9 Å². The molecule has 1 saturated carbocycles. The number of anilines is 2. The molecule has 0 aromatic carbocycles. The van der Waals surface area contributed by atoms with Gasteiger partial charge >= 0.3 is 0 Å². The molecule has 20 heavy (non-hydrogen) atoms. The minimum Gasteiger partial charge on any atom is -0.395 e. The van der Waals surface area contributed by atoms with Crippen LogP contribution >= 0.6 is 0 Å². The minimum absolute atomic E-state index is 0.0424. The van der Waals surface area contributed by atoms with E-state index in [0.717, 1.165) is 12.8 Å². The van der Waals surface area contributed by atoms with E-state index in [2.05, 4.69) is 25.0 Å². The Morgan fingerprint density at radius 2 is 2.20 bits per heavy atom. The van der Waals surface area contributed by atoms with Crippen molar-refractivity contribution in [1.82, 2.24) is 29.7 Å². The quantitative estimate of drug-likeness (QED) is 0.742. The first kappa shape index (κ1) is 12.7. The van der Waals surface area contributed by atoms with Crippen molar-refractivity contribution in [1.29, 1.82) is 0 Å². The van der Waals surface area contributed by atoms with Crippen LogP contribution in [-0.4, -0.2) is 54.0 Å². The highest BCUT2D eigenvalue weighted by atomic mass is 16.3. The molecule has 9 heteroatoms. The third-order valence-electron chi connectivity index (χ3n) is 3.37. The van der Waals surface area contributed by atoms with E-state index in [-0.39, 0.29) is 12.6 Å². The Kier molecular flexibility index (Phi) is 3.42. The van der Waals surface area contributed by atoms with E-state index in [9.17, 15) is 5.11 Å². The van der Waals surface area contributed by atoms with Gasteiger partial charge in [0.2, 0.25) is 11.9 Å². The average molecular weight is 276 g/mol. The van der Waals surface area contributed by atoms with Gasteiger partial charge in [-0.15, -0.1) is 0 Å². The van der Waals surface area contributed by atoms with E-state index in [1.54, 1.807) is 0 Å². The number of nitrogen functional groups attached to an aromatic ring is 1. The Hall–Kier alpha value is -2.29. The van der Waals surface area contributed by atoms with Crippen LogP contribution in [0.1, 0.15) is 19.3 Å². The van der Waals surface area contributed by atoms with Crippen molar-refractivity contribution in [3.63, 3.8) is 0 Å². The molecule has 2 heterocycles. The zero-order chi connectivity index (χ0) is 13.9. The summed E-state index contributed by atoms with van der Waals surface area (Å²) in [6.45, 7) is 0.520. The van der Waals surface area contributed by atoms with E-state index in [1.807, 2.05) is 4.90 Å². The fraction of sp³-hybridized carbons (Fsp3) is 0.545. The molecule has 3 rings (SSSR count). The molecule has 0 saturated heterocycles. The number of hydrogen-bond donors (Lipinski definition) is 2. The third kappa shape index (κ3) is 2.39. The van der Waals surface area contributed by atoms with Gasteiger partial charge in [-0.25, -0.2) is 4.98 Å². The van der Waals surface area contributed by atoms with Crippen molar-refractivity contribution in [2.45, 2.75) is 25.3 Å². The van der Waals surface area contributed by atoms with Crippen LogP contribution in [0.25, 0.3) is 5.95 Å². The molecule has 0 spiro atoms. The molecule has 106 valence electrons. The second-order valence-electron chi connectivity index (χ2n) is 4.64. The van der Waals surface area contributed by atoms with Crippen molar-refractivity contribution in [3.05, 3.63) is 12.7 Å². The number of nitrogens with two attached hydrogens (primary N) is 1. The maximum atomic E-state index is 9.22. The standard InChI is InChI=1S/C11H16N8O/c12-9-15-10(18(4-5-20)8-2-1-3-8)17-11(16-9)19-7-13-6-14-19/h6-8,20H,1-5H2,(H2,12,15,16,17). The van der Waals surface area contributed by atoms with Crippen molar-refractivity contribution in [2.24, 2.45) is 0 Å². The lowest BCUT2D eigenvalue weighted by molar-refractivity contribution is 0.282. The van der Waals surface area contributed by atoms with E-state index < -0.39 is 0 Å². The summed E-state index contributed by atoms with van der Waals surface area (Å²) in [5, 5.41) is 13.2. The summed E-state index contributed by atoms with van der Waals surface area (Å²) in [6.07, 6.45) is 6.23. The van der Waals surface area contributed by atoms with Gasteiger partial charge in [0.05, 0.1) is 6.61 Å². The van der Waals surface area contributed by atoms with Gasteiger partial charge in [-0.3, -0.25) is 0 Å². The van der Waals surface area contributed by atoms with Crippen LogP contribution in [0.3, 0.4) is 0 Å². The Balaban J connectivity index is 1.95. The molecule has 2 aromatic rings. The average Bonchev–Trinajstić information content (AvgIpc) is 2.89. The third-order valence-corrected chi connectivity index (χ3v) is 3.37. The van der Waals surface area contributed by atoms with Gasteiger partial charge < -0.3 is 15.7 Å². The molecule has 0 aliphatic heterocycles. The van der Waals surface area contributed by atoms with Crippen LogP contribution in [0.2, 0.25) is 0 Å². The molecule has 1 aliphatic rings. The first-order valence-electron chi connectivity index (χ1n) is 6.52. The lowest BCUT2D eigenvalue weighted by atomic mass is 9.92. The number of hydrogen-bond acceptors (Lipinski definition) is 8. The van der Waals surface area contributed by atoms with Crippen molar-refractivity contribution in [2.75, 3.05) is 23.8 Å². The number of rotatable bonds is 5. The lowest BCUT2D eigenvalue weighted by Crippen LogP contribution is -2.43. The van der Waals surface area contributed by atoms with Gasteiger partial charge in [0.15, 0.2) is 0 Å². The highest BCUT2D eigenvalue weighted by molar-refractivity contribution is 5.39. The second kappa shape index (κ2) is 5.37. The molecular formula is C11H16N8O. The Labute approximate surface area is 115 Å². The van der Waals surface area contributed by atoms with Crippen LogP contribution < -0.4 is 10.6 Å². The van der Waals surface area contributed by atoms with Gasteiger partial charge in [-0.1, -0.05) is 0 Å². The zero-order valence-electron chi connectivity index (χ0n) is 10.9. The summed E-state index contributed by atoms with van der Waals surface area (Å²) >= 11 is 0. The normalized spacial score (nSPS) is 15.1. The number of aromatic nitrogens is 6. The van der Waals surface area contributed by atoms with Crippen LogP contribution in [-0.2, 0) is 0 Å². The maximum absolute atomic E-state index is 9.22. The summed E-state index contributed by atoms with van der Waals surface area (Å²) in [7, 11) is 0. The van der Waals surface area contributed by atoms with E-state index in [4.69, 9.17) is 5.73 Å². The van der Waals surface area contributed by atoms with Crippen molar-refractivity contribution >= 4 is 11.9 Å². The van der Waals surface area contributed by atoms with Gasteiger partial charge in [0.25, 0.3) is 5.95 Å². The van der Waals surface area contributed by atoms with E-state index in [0.29, 0.717) is 24.5 Å². The monoisotopic (exact) mass is 276 g/mol. The summed E-state index contributed by atoms with van der Waals surface area (Å²) in [4.78, 5) is 18.4. The summed E-state index contributed by atoms with van der Waals surface area (Å²) < 4.78 is 1.43. The van der Waals surface area contributed by atoms with Crippen molar-refractivity contribution in [3.8, 4) is 5.95 Å². The minimum atomic E-state index is 0.0424. The summed E-state index contributed by atoms with van der Waals surface area (Å²) in [6, 6.07) is 0.354. The van der Waals surface area contributed by atoms with Gasteiger partial charge in [0, 0.05) is 12.6 Å². The van der Waals surface area contributed by atoms with Gasteiger partial charge in [-0.2, -0.15) is 24.7 Å². The smallest absolute Gasteiger partial charge is 0.258 e. The summed E-state index contributed by atoms with van der Waals surface area (Å²) in [5.74, 6) is 0.928. The van der Waals surface area contributed by atoms with Crippen LogP contribution in [0.5, 0.6) is 0 Å². The first-order chi connectivity index (χ1) is 9.78. The van der Waals surface area contributed by atoms with Crippen molar-refractivity contribution < 1.29 is 5.11 Å². The van der Waals surface area contributed by atoms with Crippen LogP contribution in [0.15, 0.2) is 12.7 Å². The molecule has 2 aromatic heterocycles. The Morgan fingerprint density at radius 1 is 1.35 bits per heavy atom. The highest BCUT2D eigenvalue weighted by Gasteiger charge is 2.27. The highest BCUT2D eigenvalue weighted by Crippen LogP contribution is 2.27. The van der Waals surface area contributed by atoms with Crippen LogP contribution in [0, 0.1) is 0 Å². The summed E-state index contributed by atoms with van der Waals surface area (Å²) in [5.41, 5.74) is 5.75. The van der Waals surface area contributed by atoms with E-state index in [1.165, 1.54) is 23.8 Å². The SMILES string of the molecule is Nc1nc(N(CCO)C2CCC2)nc(-n2cncn2)n1. The topological polar surface area (TPSA) is 119 Å². The molecule has 1 fully saturated rings. The molecule has 3 N–H and O–H groups in total. The number of aliphatic hydroxyl groups excluding tert-OH is 1. The molecule has 0 radical (unpaired) electrons. The predicted octanol–water partition coefficient (Wildman–Crippen LogP) is -0.614. The molecular weight excluding hydrogens is 260 g/mol. The largest absolute Gasteiger partial charge is 0.395 e. The molecule has 0 bridgehead atoms. The molecule has 9 nitrogen and oxygen atoms in total. The number of aliphatic hydroxyl groups is 1. The fourth-order valence-electron chi connectivity index (χ4n) is 2.16. The zero-order valence-corrected chi connectivity index (χ0v) is 10.9. The maximum Gasteiger partial charge on any atom is 0.258 e. The molecule has 0 atom stereocenters. The molecule has 1 aliphatic carbocycles. The van der Waals surface area contributed by atoms with Gasteiger partial charge in [0.1, 0.15) is 12.7 Å². The van der Waals surface area contributed by atoms with E-state index >= 15 is 0 Å². The second-order valence-corrected chi connectivity index (χ2v) is 4.64. The van der Waals surface area contributed by atoms with Gasteiger partial charge in [-0.05, 0) is 19.3 Å². The fourth-order valence-corrected chi connectivity index (χ4v) is 2.16. The Bertz CT molecular complexity index is 568. The first-order valence-corrected chi connectivity index (χ1v) is 6.52. The lowest BCUT2D eigenvalue weighted by Gasteiger charge is -2.37. The molecule has 0 unspecified atom stereocenters. The predicted molar refractivity (Wildman–Crippen MR) is 71.2 cm³/mol. The number of nitrogens with zero attached hydrogens (tertiary/aromatic N) is 7. The molecule has 0 amide bonds.